The molecule has 3 aromatic rings. The SMILES string of the molecule is COC(=O)Cc1csc(NC(=O)c2cc3c(s2)-c2ccccc2CC3)n1. The van der Waals surface area contributed by atoms with Crippen LogP contribution in [0.3, 0.4) is 0 Å². The monoisotopic (exact) mass is 384 g/mol. The van der Waals surface area contributed by atoms with Crippen LogP contribution in [0.2, 0.25) is 0 Å². The summed E-state index contributed by atoms with van der Waals surface area (Å²) in [6.07, 6.45) is 2.06. The molecule has 132 valence electrons. The highest BCUT2D eigenvalue weighted by atomic mass is 32.1. The van der Waals surface area contributed by atoms with Crippen molar-refractivity contribution >= 4 is 39.7 Å². The van der Waals surface area contributed by atoms with Crippen LogP contribution in [0.5, 0.6) is 0 Å². The van der Waals surface area contributed by atoms with Crippen molar-refractivity contribution in [2.24, 2.45) is 0 Å². The first-order chi connectivity index (χ1) is 12.6. The van der Waals surface area contributed by atoms with Crippen LogP contribution < -0.4 is 5.32 Å². The number of esters is 1. The summed E-state index contributed by atoms with van der Waals surface area (Å²) in [5.41, 5.74) is 4.38. The van der Waals surface area contributed by atoms with E-state index in [1.165, 1.54) is 51.4 Å². The third kappa shape index (κ3) is 3.27. The molecule has 1 aliphatic carbocycles. The van der Waals surface area contributed by atoms with Gasteiger partial charge < -0.3 is 4.74 Å². The Morgan fingerprint density at radius 2 is 2.04 bits per heavy atom. The summed E-state index contributed by atoms with van der Waals surface area (Å²) in [4.78, 5) is 30.0. The average molecular weight is 384 g/mol. The number of nitrogens with zero attached hydrogens (tertiary/aromatic N) is 1. The Kier molecular flexibility index (Phi) is 4.57. The molecule has 26 heavy (non-hydrogen) atoms. The number of hydrogen-bond donors (Lipinski definition) is 1. The van der Waals surface area contributed by atoms with Gasteiger partial charge in [-0.15, -0.1) is 22.7 Å². The van der Waals surface area contributed by atoms with Crippen molar-refractivity contribution in [2.75, 3.05) is 12.4 Å². The van der Waals surface area contributed by atoms with Crippen molar-refractivity contribution < 1.29 is 14.3 Å². The Morgan fingerprint density at radius 3 is 2.88 bits per heavy atom. The Bertz CT molecular complexity index is 990. The molecule has 4 rings (SSSR count). The third-order valence-electron chi connectivity index (χ3n) is 4.28. The maximum absolute atomic E-state index is 12.6. The number of carbonyl (C=O) groups is 2. The summed E-state index contributed by atoms with van der Waals surface area (Å²) in [5, 5.41) is 5.07. The summed E-state index contributed by atoms with van der Waals surface area (Å²) >= 11 is 2.82. The first kappa shape index (κ1) is 16.9. The van der Waals surface area contributed by atoms with Crippen LogP contribution in [0.4, 0.5) is 5.13 Å². The van der Waals surface area contributed by atoms with E-state index in [1.54, 1.807) is 5.38 Å². The fourth-order valence-electron chi connectivity index (χ4n) is 3.01. The molecule has 1 amide bonds. The highest BCUT2D eigenvalue weighted by molar-refractivity contribution is 7.18. The van der Waals surface area contributed by atoms with Crippen molar-refractivity contribution in [3.8, 4) is 10.4 Å². The lowest BCUT2D eigenvalue weighted by Gasteiger charge is -2.15. The van der Waals surface area contributed by atoms with Gasteiger partial charge in [0, 0.05) is 10.3 Å². The van der Waals surface area contributed by atoms with E-state index in [0.717, 1.165) is 12.8 Å². The predicted octanol–water partition coefficient (Wildman–Crippen LogP) is 3.94. The van der Waals surface area contributed by atoms with Crippen molar-refractivity contribution in [1.29, 1.82) is 0 Å². The first-order valence-electron chi connectivity index (χ1n) is 8.17. The van der Waals surface area contributed by atoms with Crippen LogP contribution in [0, 0.1) is 0 Å². The van der Waals surface area contributed by atoms with Crippen molar-refractivity contribution in [1.82, 2.24) is 4.98 Å². The maximum Gasteiger partial charge on any atom is 0.311 e. The molecule has 0 aliphatic heterocycles. The number of thiophene rings is 1. The third-order valence-corrected chi connectivity index (χ3v) is 6.30. The molecule has 1 N–H and O–H groups in total. The molecule has 0 bridgehead atoms. The second kappa shape index (κ2) is 7.01. The van der Waals surface area contributed by atoms with Gasteiger partial charge in [0.1, 0.15) is 0 Å². The molecule has 0 unspecified atom stereocenters. The second-order valence-corrected chi connectivity index (χ2v) is 7.88. The van der Waals surface area contributed by atoms with Gasteiger partial charge in [-0.1, -0.05) is 24.3 Å². The van der Waals surface area contributed by atoms with E-state index >= 15 is 0 Å². The number of aromatic nitrogens is 1. The number of carbonyl (C=O) groups excluding carboxylic acids is 2. The van der Waals surface area contributed by atoms with Crippen LogP contribution in [0.1, 0.15) is 26.5 Å². The molecule has 0 saturated heterocycles. The number of hydrogen-bond acceptors (Lipinski definition) is 6. The van der Waals surface area contributed by atoms with Gasteiger partial charge in [0.2, 0.25) is 0 Å². The molecular weight excluding hydrogens is 368 g/mol. The number of fused-ring (bicyclic) bond motifs is 3. The van der Waals surface area contributed by atoms with Crippen LogP contribution in [0.25, 0.3) is 10.4 Å². The first-order valence-corrected chi connectivity index (χ1v) is 9.87. The zero-order valence-electron chi connectivity index (χ0n) is 14.1. The standard InChI is InChI=1S/C19H16N2O3S2/c1-24-16(22)9-13-10-25-19(20-13)21-18(23)15-8-12-7-6-11-4-2-3-5-14(11)17(12)26-15/h2-5,8,10H,6-7,9H2,1H3,(H,20,21,23). The molecule has 5 nitrogen and oxygen atoms in total. The summed E-state index contributed by atoms with van der Waals surface area (Å²) in [6.45, 7) is 0. The molecule has 1 aliphatic rings. The van der Waals surface area contributed by atoms with Gasteiger partial charge in [-0.25, -0.2) is 4.98 Å². The topological polar surface area (TPSA) is 68.3 Å². The van der Waals surface area contributed by atoms with Gasteiger partial charge in [-0.05, 0) is 35.6 Å². The molecule has 1 aromatic carbocycles. The summed E-state index contributed by atoms with van der Waals surface area (Å²) in [7, 11) is 1.34. The number of ether oxygens (including phenoxy) is 1. The summed E-state index contributed by atoms with van der Waals surface area (Å²) in [6, 6.07) is 10.3. The fourth-order valence-corrected chi connectivity index (χ4v) is 4.88. The molecule has 7 heteroatoms. The highest BCUT2D eigenvalue weighted by Gasteiger charge is 2.21. The minimum absolute atomic E-state index is 0.104. The smallest absolute Gasteiger partial charge is 0.311 e. The lowest BCUT2D eigenvalue weighted by Crippen LogP contribution is -2.10. The molecule has 0 saturated carbocycles. The van der Waals surface area contributed by atoms with Gasteiger partial charge in [0.15, 0.2) is 5.13 Å². The van der Waals surface area contributed by atoms with Crippen LogP contribution in [-0.4, -0.2) is 24.0 Å². The fraction of sp³-hybridized carbons (Fsp3) is 0.211. The van der Waals surface area contributed by atoms with E-state index in [2.05, 4.69) is 33.2 Å². The molecular formula is C19H16N2O3S2. The quantitative estimate of drug-likeness (QED) is 0.692. The summed E-state index contributed by atoms with van der Waals surface area (Å²) < 4.78 is 4.63. The average Bonchev–Trinajstić information content (AvgIpc) is 3.28. The number of amides is 1. The lowest BCUT2D eigenvalue weighted by molar-refractivity contribution is -0.139. The van der Waals surface area contributed by atoms with Gasteiger partial charge >= 0.3 is 5.97 Å². The number of thiazole rings is 1. The molecule has 2 heterocycles. The van der Waals surface area contributed by atoms with Gasteiger partial charge in [0.25, 0.3) is 5.91 Å². The van der Waals surface area contributed by atoms with E-state index in [0.29, 0.717) is 15.7 Å². The van der Waals surface area contributed by atoms with Crippen molar-refractivity contribution in [3.05, 3.63) is 57.4 Å². The van der Waals surface area contributed by atoms with Crippen molar-refractivity contribution in [3.63, 3.8) is 0 Å². The number of anilines is 1. The number of benzene rings is 1. The van der Waals surface area contributed by atoms with E-state index in [-0.39, 0.29) is 18.3 Å². The molecule has 0 radical (unpaired) electrons. The Hall–Kier alpha value is -2.51. The van der Waals surface area contributed by atoms with Gasteiger partial charge in [-0.2, -0.15) is 0 Å². The van der Waals surface area contributed by atoms with Crippen LogP contribution in [0.15, 0.2) is 35.7 Å². The van der Waals surface area contributed by atoms with E-state index in [4.69, 9.17) is 0 Å². The molecule has 0 atom stereocenters. The van der Waals surface area contributed by atoms with Gasteiger partial charge in [0.05, 0.1) is 24.1 Å². The maximum atomic E-state index is 12.6. The Balaban J connectivity index is 1.52. The molecule has 0 spiro atoms. The number of rotatable bonds is 4. The zero-order valence-corrected chi connectivity index (χ0v) is 15.7. The second-order valence-electron chi connectivity index (χ2n) is 5.97. The number of methoxy groups -OCH3 is 1. The molecule has 0 fully saturated rings. The highest BCUT2D eigenvalue weighted by Crippen LogP contribution is 2.39. The zero-order chi connectivity index (χ0) is 18.1. The number of nitrogens with one attached hydrogen (secondary N) is 1. The minimum Gasteiger partial charge on any atom is -0.469 e. The van der Waals surface area contributed by atoms with Gasteiger partial charge in [-0.3, -0.25) is 14.9 Å². The van der Waals surface area contributed by atoms with E-state index < -0.39 is 0 Å². The largest absolute Gasteiger partial charge is 0.469 e. The van der Waals surface area contributed by atoms with E-state index in [1.807, 2.05) is 12.1 Å². The van der Waals surface area contributed by atoms with Crippen molar-refractivity contribution in [2.45, 2.75) is 19.3 Å². The Morgan fingerprint density at radius 1 is 1.23 bits per heavy atom. The normalized spacial score (nSPS) is 12.2. The van der Waals surface area contributed by atoms with E-state index in [9.17, 15) is 9.59 Å². The summed E-state index contributed by atoms with van der Waals surface area (Å²) in [5.74, 6) is -0.515. The van der Waals surface area contributed by atoms with Crippen LogP contribution in [-0.2, 0) is 28.8 Å². The Labute approximate surface area is 158 Å². The number of aryl methyl sites for hydroxylation is 2. The molecule has 2 aromatic heterocycles. The van der Waals surface area contributed by atoms with Crippen LogP contribution >= 0.6 is 22.7 Å². The predicted molar refractivity (Wildman–Crippen MR) is 103 cm³/mol. The minimum atomic E-state index is -0.349. The lowest BCUT2D eigenvalue weighted by atomic mass is 9.91.